The third-order valence-electron chi connectivity index (χ3n) is 5.81. The highest BCUT2D eigenvalue weighted by Crippen LogP contribution is 2.44. The van der Waals surface area contributed by atoms with E-state index >= 15 is 0 Å². The fourth-order valence-corrected chi connectivity index (χ4v) is 4.33. The van der Waals surface area contributed by atoms with Crippen LogP contribution in [0.3, 0.4) is 0 Å². The predicted octanol–water partition coefficient (Wildman–Crippen LogP) is 3.98. The Hall–Kier alpha value is -4.00. The van der Waals surface area contributed by atoms with Crippen molar-refractivity contribution in [2.45, 2.75) is 19.0 Å². The lowest BCUT2D eigenvalue weighted by atomic mass is 9.86. The topological polar surface area (TPSA) is 66.9 Å². The number of imide groups is 1. The third kappa shape index (κ3) is 2.97. The summed E-state index contributed by atoms with van der Waals surface area (Å²) in [4.78, 5) is 42.0. The Morgan fingerprint density at radius 2 is 1.38 bits per heavy atom. The Kier molecular flexibility index (Phi) is 4.74. The number of amides is 3. The maximum Gasteiger partial charge on any atom is 0.262 e. The SMILES string of the molecule is CCOc1ccc(N2C(=O)[C@H](N3C(=O)c4ccccc4C3=O)[C@H]2c2ccc(F)cc2)cc1. The highest BCUT2D eigenvalue weighted by molar-refractivity contribution is 6.24. The van der Waals surface area contributed by atoms with Gasteiger partial charge in [-0.2, -0.15) is 0 Å². The van der Waals surface area contributed by atoms with Crippen molar-refractivity contribution >= 4 is 23.4 Å². The van der Waals surface area contributed by atoms with E-state index in [1.807, 2.05) is 6.92 Å². The Labute approximate surface area is 183 Å². The van der Waals surface area contributed by atoms with Crippen LogP contribution in [-0.2, 0) is 4.79 Å². The van der Waals surface area contributed by atoms with E-state index < -0.39 is 29.7 Å². The van der Waals surface area contributed by atoms with Gasteiger partial charge in [-0.05, 0) is 61.0 Å². The molecule has 7 heteroatoms. The summed E-state index contributed by atoms with van der Waals surface area (Å²) < 4.78 is 19.0. The first-order valence-electron chi connectivity index (χ1n) is 10.3. The van der Waals surface area contributed by atoms with Crippen LogP contribution in [0.15, 0.2) is 72.8 Å². The highest BCUT2D eigenvalue weighted by Gasteiger charge is 2.57. The molecule has 3 amide bonds. The largest absolute Gasteiger partial charge is 0.494 e. The monoisotopic (exact) mass is 430 g/mol. The number of β-lactam (4-membered cyclic amide) rings is 1. The molecule has 0 bridgehead atoms. The average Bonchev–Trinajstić information content (AvgIpc) is 3.05. The quantitative estimate of drug-likeness (QED) is 0.454. The minimum atomic E-state index is -1.01. The van der Waals surface area contributed by atoms with E-state index in [-0.39, 0.29) is 17.0 Å². The molecule has 1 fully saturated rings. The first kappa shape index (κ1) is 19.9. The summed E-state index contributed by atoms with van der Waals surface area (Å²) in [5.74, 6) is -1.12. The van der Waals surface area contributed by atoms with Crippen LogP contribution >= 0.6 is 0 Å². The molecule has 0 saturated carbocycles. The molecule has 0 radical (unpaired) electrons. The number of anilines is 1. The molecule has 0 spiro atoms. The van der Waals surface area contributed by atoms with Gasteiger partial charge in [0.25, 0.3) is 17.7 Å². The molecule has 0 aliphatic carbocycles. The number of benzene rings is 3. The first-order valence-corrected chi connectivity index (χ1v) is 10.3. The molecule has 0 aromatic heterocycles. The zero-order valence-electron chi connectivity index (χ0n) is 17.2. The zero-order valence-corrected chi connectivity index (χ0v) is 17.2. The van der Waals surface area contributed by atoms with Crippen molar-refractivity contribution in [3.63, 3.8) is 0 Å². The first-order chi connectivity index (χ1) is 15.5. The summed E-state index contributed by atoms with van der Waals surface area (Å²) in [6.45, 7) is 2.39. The molecule has 1 saturated heterocycles. The summed E-state index contributed by atoms with van der Waals surface area (Å²) in [6.07, 6.45) is 0. The van der Waals surface area contributed by atoms with E-state index in [4.69, 9.17) is 4.74 Å². The summed E-state index contributed by atoms with van der Waals surface area (Å²) >= 11 is 0. The van der Waals surface area contributed by atoms with E-state index in [0.29, 0.717) is 23.6 Å². The fraction of sp³-hybridized carbons (Fsp3) is 0.160. The second kappa shape index (κ2) is 7.60. The number of ether oxygens (including phenoxy) is 1. The van der Waals surface area contributed by atoms with Crippen molar-refractivity contribution in [2.75, 3.05) is 11.5 Å². The summed E-state index contributed by atoms with van der Waals surface area (Å²) in [6, 6.07) is 17.6. The molecule has 160 valence electrons. The van der Waals surface area contributed by atoms with E-state index in [2.05, 4.69) is 0 Å². The van der Waals surface area contributed by atoms with Crippen molar-refractivity contribution in [3.05, 3.63) is 95.3 Å². The second-order valence-electron chi connectivity index (χ2n) is 7.60. The number of hydrogen-bond acceptors (Lipinski definition) is 4. The number of carbonyl (C=O) groups excluding carboxylic acids is 3. The molecule has 3 aromatic carbocycles. The van der Waals surface area contributed by atoms with Crippen LogP contribution in [0.2, 0.25) is 0 Å². The van der Waals surface area contributed by atoms with Gasteiger partial charge >= 0.3 is 0 Å². The normalized spacial score (nSPS) is 19.8. The van der Waals surface area contributed by atoms with Crippen LogP contribution in [0.5, 0.6) is 5.75 Å². The number of nitrogens with zero attached hydrogens (tertiary/aromatic N) is 2. The Morgan fingerprint density at radius 1 is 0.781 bits per heavy atom. The maximum atomic E-state index is 13.6. The zero-order chi connectivity index (χ0) is 22.4. The van der Waals surface area contributed by atoms with Crippen molar-refractivity contribution in [1.82, 2.24) is 4.90 Å². The van der Waals surface area contributed by atoms with E-state index in [1.54, 1.807) is 60.7 Å². The lowest BCUT2D eigenvalue weighted by Crippen LogP contribution is -2.67. The van der Waals surface area contributed by atoms with E-state index in [9.17, 15) is 18.8 Å². The number of carbonyl (C=O) groups is 3. The number of hydrogen-bond donors (Lipinski definition) is 0. The molecule has 2 heterocycles. The number of fused-ring (bicyclic) bond motifs is 1. The maximum absolute atomic E-state index is 13.6. The summed E-state index contributed by atoms with van der Waals surface area (Å²) in [7, 11) is 0. The molecule has 2 atom stereocenters. The van der Waals surface area contributed by atoms with E-state index in [0.717, 1.165) is 4.90 Å². The number of halogens is 1. The molecular formula is C25H19FN2O4. The van der Waals surface area contributed by atoms with Crippen LogP contribution in [0.1, 0.15) is 39.2 Å². The van der Waals surface area contributed by atoms with Crippen molar-refractivity contribution in [2.24, 2.45) is 0 Å². The standard InChI is InChI=1S/C25H19FN2O4/c1-2-32-18-13-11-17(12-14-18)27-21(15-7-9-16(26)10-8-15)22(25(27)31)28-23(29)19-5-3-4-6-20(19)24(28)30/h3-14,21-22H,2H2,1H3/t21-,22-/m1/s1. The summed E-state index contributed by atoms with van der Waals surface area (Å²) in [5, 5.41) is 0. The molecule has 2 aliphatic heterocycles. The van der Waals surface area contributed by atoms with Crippen molar-refractivity contribution in [3.8, 4) is 5.75 Å². The average molecular weight is 430 g/mol. The van der Waals surface area contributed by atoms with Gasteiger partial charge in [0.05, 0.1) is 23.8 Å². The molecule has 3 aromatic rings. The molecule has 0 unspecified atom stereocenters. The van der Waals surface area contributed by atoms with Crippen LogP contribution in [-0.4, -0.2) is 35.3 Å². The highest BCUT2D eigenvalue weighted by atomic mass is 19.1. The Bertz CT molecular complexity index is 1190. The lowest BCUT2D eigenvalue weighted by Gasteiger charge is -2.49. The Balaban J connectivity index is 1.54. The third-order valence-corrected chi connectivity index (χ3v) is 5.81. The second-order valence-corrected chi connectivity index (χ2v) is 7.60. The fourth-order valence-electron chi connectivity index (χ4n) is 4.33. The van der Waals surface area contributed by atoms with Gasteiger partial charge in [-0.25, -0.2) is 4.39 Å². The van der Waals surface area contributed by atoms with Gasteiger partial charge in [0.1, 0.15) is 17.6 Å². The van der Waals surface area contributed by atoms with Crippen LogP contribution in [0, 0.1) is 5.82 Å². The van der Waals surface area contributed by atoms with Gasteiger partial charge in [-0.3, -0.25) is 19.3 Å². The van der Waals surface area contributed by atoms with Gasteiger partial charge in [-0.15, -0.1) is 0 Å². The van der Waals surface area contributed by atoms with Crippen LogP contribution < -0.4 is 9.64 Å². The van der Waals surface area contributed by atoms with E-state index in [1.165, 1.54) is 17.0 Å². The smallest absolute Gasteiger partial charge is 0.262 e. The molecule has 2 aliphatic rings. The van der Waals surface area contributed by atoms with Crippen LogP contribution in [0.4, 0.5) is 10.1 Å². The minimum absolute atomic E-state index is 0.280. The number of rotatable bonds is 5. The Morgan fingerprint density at radius 3 is 1.94 bits per heavy atom. The molecule has 32 heavy (non-hydrogen) atoms. The predicted molar refractivity (Wildman–Crippen MR) is 115 cm³/mol. The lowest BCUT2D eigenvalue weighted by molar-refractivity contribution is -0.130. The molecule has 6 nitrogen and oxygen atoms in total. The molecule has 0 N–H and O–H groups in total. The van der Waals surface area contributed by atoms with Gasteiger partial charge in [0.2, 0.25) is 0 Å². The van der Waals surface area contributed by atoms with Gasteiger partial charge < -0.3 is 9.64 Å². The molecular weight excluding hydrogens is 411 g/mol. The van der Waals surface area contributed by atoms with Crippen LogP contribution in [0.25, 0.3) is 0 Å². The van der Waals surface area contributed by atoms with Gasteiger partial charge in [0, 0.05) is 5.69 Å². The van der Waals surface area contributed by atoms with Gasteiger partial charge in [-0.1, -0.05) is 24.3 Å². The van der Waals surface area contributed by atoms with Crippen molar-refractivity contribution in [1.29, 1.82) is 0 Å². The van der Waals surface area contributed by atoms with Crippen molar-refractivity contribution < 1.29 is 23.5 Å². The molecule has 5 rings (SSSR count). The minimum Gasteiger partial charge on any atom is -0.494 e. The summed E-state index contributed by atoms with van der Waals surface area (Å²) in [5.41, 5.74) is 1.78. The van der Waals surface area contributed by atoms with Gasteiger partial charge in [0.15, 0.2) is 0 Å².